The smallest absolute Gasteiger partial charge is 0.00965 e. The molecule has 0 amide bonds. The monoisotopic (exact) mass is 144 g/mol. The van der Waals surface area contributed by atoms with Crippen LogP contribution in [0, 0.1) is 0 Å². The third-order valence-corrected chi connectivity index (χ3v) is 3.28. The molecule has 0 fully saturated rings. The SMILES string of the molecule is c1cc2pc3ccc3cc12. The topological polar surface area (TPSA) is 0 Å². The first-order valence-electron chi connectivity index (χ1n) is 3.35. The molecule has 0 aliphatic rings. The maximum Gasteiger partial charge on any atom is 0.00965 e. The van der Waals surface area contributed by atoms with E-state index in [1.54, 1.807) is 0 Å². The lowest BCUT2D eigenvalue weighted by atomic mass is 10.1. The molecule has 0 nitrogen and oxygen atoms in total. The van der Waals surface area contributed by atoms with Crippen molar-refractivity contribution in [3.05, 3.63) is 30.3 Å². The van der Waals surface area contributed by atoms with Gasteiger partial charge in [0, 0.05) is 10.2 Å². The predicted molar refractivity (Wildman–Crippen MR) is 46.3 cm³/mol. The molecule has 0 aliphatic carbocycles. The summed E-state index contributed by atoms with van der Waals surface area (Å²) in [6.07, 6.45) is 0. The van der Waals surface area contributed by atoms with Crippen molar-refractivity contribution in [1.29, 1.82) is 0 Å². The zero-order valence-electron chi connectivity index (χ0n) is 5.33. The summed E-state index contributed by atoms with van der Waals surface area (Å²) in [6, 6.07) is 11.0. The fourth-order valence-corrected chi connectivity index (χ4v) is 2.35. The van der Waals surface area contributed by atoms with E-state index < -0.39 is 0 Å². The molecule has 0 unspecified atom stereocenters. The first-order valence-corrected chi connectivity index (χ1v) is 4.24. The first kappa shape index (κ1) is 4.87. The van der Waals surface area contributed by atoms with Gasteiger partial charge in [0.2, 0.25) is 0 Å². The quantitative estimate of drug-likeness (QED) is 0.453. The minimum absolute atomic E-state index is 1.41. The number of rotatable bonds is 0. The van der Waals surface area contributed by atoms with Gasteiger partial charge < -0.3 is 0 Å². The normalized spacial score (nSPS) is 12.0. The van der Waals surface area contributed by atoms with E-state index in [0.717, 1.165) is 0 Å². The highest BCUT2D eigenvalue weighted by molar-refractivity contribution is 7.43. The third kappa shape index (κ3) is 0.424. The molecule has 0 spiro atoms. The van der Waals surface area contributed by atoms with Gasteiger partial charge in [0.15, 0.2) is 0 Å². The molecule has 0 radical (unpaired) electrons. The Morgan fingerprint density at radius 1 is 0.800 bits per heavy atom. The number of fused-ring (bicyclic) bond motifs is 2. The van der Waals surface area contributed by atoms with Gasteiger partial charge >= 0.3 is 0 Å². The van der Waals surface area contributed by atoms with Gasteiger partial charge in [0.1, 0.15) is 0 Å². The van der Waals surface area contributed by atoms with E-state index in [0.29, 0.717) is 0 Å². The lowest BCUT2D eigenvalue weighted by Gasteiger charge is -2.05. The molecule has 0 atom stereocenters. The summed E-state index contributed by atoms with van der Waals surface area (Å²) in [4.78, 5) is 0. The highest BCUT2D eigenvalue weighted by atomic mass is 31.0. The molecular weight excluding hydrogens is 139 g/mol. The van der Waals surface area contributed by atoms with Crippen molar-refractivity contribution in [3.8, 4) is 0 Å². The van der Waals surface area contributed by atoms with Crippen LogP contribution in [-0.4, -0.2) is 0 Å². The van der Waals surface area contributed by atoms with Crippen LogP contribution in [0.4, 0.5) is 0 Å². The number of hydrogen-bond acceptors (Lipinski definition) is 0. The van der Waals surface area contributed by atoms with E-state index in [4.69, 9.17) is 0 Å². The Kier molecular flexibility index (Phi) is 0.686. The summed E-state index contributed by atoms with van der Waals surface area (Å²) in [5.41, 5.74) is 0. The molecule has 3 aromatic rings. The van der Waals surface area contributed by atoms with E-state index in [9.17, 15) is 0 Å². The minimum Gasteiger partial charge on any atom is -0.0592 e. The van der Waals surface area contributed by atoms with Crippen LogP contribution >= 0.6 is 8.19 Å². The number of hydrogen-bond donors (Lipinski definition) is 0. The van der Waals surface area contributed by atoms with E-state index in [-0.39, 0.29) is 0 Å². The Morgan fingerprint density at radius 3 is 1.70 bits per heavy atom. The van der Waals surface area contributed by atoms with Gasteiger partial charge in [-0.3, -0.25) is 0 Å². The molecule has 0 saturated carbocycles. The highest BCUT2D eigenvalue weighted by Gasteiger charge is 2.01. The molecule has 1 aromatic heterocycles. The highest BCUT2D eigenvalue weighted by Crippen LogP contribution is 2.36. The van der Waals surface area contributed by atoms with E-state index in [1.165, 1.54) is 29.2 Å². The summed E-state index contributed by atoms with van der Waals surface area (Å²) < 4.78 is 0. The Balaban J connectivity index is 2.61. The van der Waals surface area contributed by atoms with Crippen molar-refractivity contribution < 1.29 is 0 Å². The summed E-state index contributed by atoms with van der Waals surface area (Å²) in [5.74, 6) is 0. The van der Waals surface area contributed by atoms with Crippen LogP contribution in [0.2, 0.25) is 0 Å². The minimum atomic E-state index is 1.41. The molecule has 10 heavy (non-hydrogen) atoms. The predicted octanol–water partition coefficient (Wildman–Crippen LogP) is 3.45. The van der Waals surface area contributed by atoms with Crippen molar-refractivity contribution in [1.82, 2.24) is 0 Å². The molecular formula is C9H5P. The van der Waals surface area contributed by atoms with Crippen LogP contribution in [0.3, 0.4) is 0 Å². The molecule has 0 N–H and O–H groups in total. The van der Waals surface area contributed by atoms with Crippen LogP contribution < -0.4 is 0 Å². The summed E-state index contributed by atoms with van der Waals surface area (Å²) in [5, 5.41) is 5.85. The van der Waals surface area contributed by atoms with E-state index in [2.05, 4.69) is 30.3 Å². The Bertz CT molecular complexity index is 374. The molecule has 0 saturated heterocycles. The van der Waals surface area contributed by atoms with Crippen molar-refractivity contribution in [2.75, 3.05) is 0 Å². The summed E-state index contributed by atoms with van der Waals surface area (Å²) in [7, 11) is 1.41. The maximum absolute atomic E-state index is 2.27. The fourth-order valence-electron chi connectivity index (χ4n) is 1.25. The van der Waals surface area contributed by atoms with Gasteiger partial charge in [-0.1, -0.05) is 20.3 Å². The van der Waals surface area contributed by atoms with Crippen molar-refractivity contribution in [2.45, 2.75) is 0 Å². The van der Waals surface area contributed by atoms with E-state index >= 15 is 0 Å². The van der Waals surface area contributed by atoms with Gasteiger partial charge in [-0.2, -0.15) is 0 Å². The second-order valence-corrected chi connectivity index (χ2v) is 3.79. The summed E-state index contributed by atoms with van der Waals surface area (Å²) >= 11 is 0. The average molecular weight is 144 g/mol. The fraction of sp³-hybridized carbons (Fsp3) is 0. The Morgan fingerprint density at radius 2 is 1.40 bits per heavy atom. The third-order valence-electron chi connectivity index (χ3n) is 1.98. The van der Waals surface area contributed by atoms with E-state index in [1.807, 2.05) is 0 Å². The van der Waals surface area contributed by atoms with Gasteiger partial charge in [-0.15, -0.1) is 0 Å². The first-order chi connectivity index (χ1) is 4.93. The molecule has 46 valence electrons. The van der Waals surface area contributed by atoms with Gasteiger partial charge in [0.05, 0.1) is 0 Å². The Labute approximate surface area is 60.3 Å². The molecule has 0 aliphatic heterocycles. The molecule has 0 bridgehead atoms. The van der Waals surface area contributed by atoms with Crippen LogP contribution in [-0.2, 0) is 0 Å². The summed E-state index contributed by atoms with van der Waals surface area (Å²) in [6.45, 7) is 0. The maximum atomic E-state index is 2.27. The molecule has 3 rings (SSSR count). The van der Waals surface area contributed by atoms with Crippen LogP contribution in [0.25, 0.3) is 21.0 Å². The lowest BCUT2D eigenvalue weighted by Crippen LogP contribution is -1.74. The van der Waals surface area contributed by atoms with Crippen molar-refractivity contribution in [2.24, 2.45) is 0 Å². The van der Waals surface area contributed by atoms with Crippen LogP contribution in [0.5, 0.6) is 0 Å². The standard InChI is InChI=1S/C9H5P/c1-3-8-6(1)5-7-2-4-9(7)10-8/h1-5H. The second kappa shape index (κ2) is 1.41. The zero-order valence-corrected chi connectivity index (χ0v) is 6.23. The van der Waals surface area contributed by atoms with Gasteiger partial charge in [0.25, 0.3) is 0 Å². The van der Waals surface area contributed by atoms with Crippen LogP contribution in [0.1, 0.15) is 0 Å². The molecule has 1 heterocycles. The largest absolute Gasteiger partial charge is 0.0592 e. The zero-order chi connectivity index (χ0) is 6.55. The average Bonchev–Trinajstić information content (AvgIpc) is 1.82. The van der Waals surface area contributed by atoms with Gasteiger partial charge in [-0.05, 0) is 29.0 Å². The lowest BCUT2D eigenvalue weighted by molar-refractivity contribution is 1.88. The second-order valence-electron chi connectivity index (χ2n) is 2.60. The Hall–Kier alpha value is -0.870. The van der Waals surface area contributed by atoms with Gasteiger partial charge in [-0.25, -0.2) is 0 Å². The molecule has 1 heteroatoms. The van der Waals surface area contributed by atoms with Crippen molar-refractivity contribution >= 4 is 29.2 Å². The van der Waals surface area contributed by atoms with Crippen molar-refractivity contribution in [3.63, 3.8) is 0 Å². The van der Waals surface area contributed by atoms with Crippen LogP contribution in [0.15, 0.2) is 30.3 Å². The molecule has 2 aromatic carbocycles.